The molecule has 120 valence electrons. The molecule has 0 aliphatic heterocycles. The first-order valence-electron chi connectivity index (χ1n) is 7.33. The Morgan fingerprint density at radius 1 is 1.32 bits per heavy atom. The first-order chi connectivity index (χ1) is 10.6. The molecule has 1 amide bonds. The average Bonchev–Trinajstić information content (AvgIpc) is 2.51. The lowest BCUT2D eigenvalue weighted by Crippen LogP contribution is -2.40. The summed E-state index contributed by atoms with van der Waals surface area (Å²) in [5, 5.41) is 11.6. The average molecular weight is 305 g/mol. The number of hydrogen-bond donors (Lipinski definition) is 2. The van der Waals surface area contributed by atoms with E-state index in [0.29, 0.717) is 19.3 Å². The summed E-state index contributed by atoms with van der Waals surface area (Å²) in [7, 11) is 1.62. The van der Waals surface area contributed by atoms with Crippen molar-refractivity contribution < 1.29 is 19.4 Å². The quantitative estimate of drug-likeness (QED) is 0.688. The Bertz CT molecular complexity index is 508. The van der Waals surface area contributed by atoms with E-state index in [9.17, 15) is 9.59 Å². The predicted octanol–water partition coefficient (Wildman–Crippen LogP) is 2.55. The number of carbonyl (C=O) groups is 2. The van der Waals surface area contributed by atoms with Crippen LogP contribution in [0.2, 0.25) is 0 Å². The van der Waals surface area contributed by atoms with Gasteiger partial charge in [-0.1, -0.05) is 24.3 Å². The number of benzene rings is 1. The highest BCUT2D eigenvalue weighted by Gasteiger charge is 2.17. The molecular formula is C17H23NO4. The third kappa shape index (κ3) is 6.43. The van der Waals surface area contributed by atoms with Crippen molar-refractivity contribution in [3.8, 4) is 5.75 Å². The molecule has 0 fully saturated rings. The van der Waals surface area contributed by atoms with Crippen molar-refractivity contribution in [2.24, 2.45) is 0 Å². The van der Waals surface area contributed by atoms with Gasteiger partial charge in [-0.2, -0.15) is 0 Å². The summed E-state index contributed by atoms with van der Waals surface area (Å²) in [5.41, 5.74) is 1.12. The number of aliphatic carboxylic acids is 1. The minimum Gasteiger partial charge on any atom is -0.497 e. The van der Waals surface area contributed by atoms with Gasteiger partial charge in [0, 0.05) is 6.42 Å². The number of rotatable bonds is 9. The largest absolute Gasteiger partial charge is 0.497 e. The van der Waals surface area contributed by atoms with E-state index in [1.54, 1.807) is 19.3 Å². The normalized spacial score (nSPS) is 12.1. The Morgan fingerprint density at radius 3 is 2.55 bits per heavy atom. The summed E-state index contributed by atoms with van der Waals surface area (Å²) in [4.78, 5) is 22.8. The third-order valence-electron chi connectivity index (χ3n) is 3.27. The standard InChI is InChI=1S/C17H23NO4/c1-3-4-7-15(17(20)21)18-16(19)8-5-6-13-9-11-14(22-2)12-10-13/h3-4,9-12,15H,5-8H2,1-2H3,(H,18,19)(H,20,21)/b4-3+. The van der Waals surface area contributed by atoms with E-state index in [2.05, 4.69) is 5.32 Å². The van der Waals surface area contributed by atoms with Crippen LogP contribution in [0.3, 0.4) is 0 Å². The molecule has 0 aromatic heterocycles. The monoisotopic (exact) mass is 305 g/mol. The molecule has 1 atom stereocenters. The summed E-state index contributed by atoms with van der Waals surface area (Å²) in [6, 6.07) is 6.83. The van der Waals surface area contributed by atoms with Crippen molar-refractivity contribution in [2.45, 2.75) is 38.6 Å². The molecule has 0 radical (unpaired) electrons. The van der Waals surface area contributed by atoms with E-state index in [1.165, 1.54) is 0 Å². The molecule has 1 rings (SSSR count). The van der Waals surface area contributed by atoms with Crippen LogP contribution in [0.5, 0.6) is 5.75 Å². The maximum Gasteiger partial charge on any atom is 0.326 e. The van der Waals surface area contributed by atoms with Crippen LogP contribution >= 0.6 is 0 Å². The number of allylic oxidation sites excluding steroid dienone is 1. The summed E-state index contributed by atoms with van der Waals surface area (Å²) >= 11 is 0. The number of carbonyl (C=O) groups excluding carboxylic acids is 1. The van der Waals surface area contributed by atoms with E-state index in [0.717, 1.165) is 17.7 Å². The number of carboxylic acids is 1. The van der Waals surface area contributed by atoms with Crippen LogP contribution in [0.25, 0.3) is 0 Å². The smallest absolute Gasteiger partial charge is 0.326 e. The number of methoxy groups -OCH3 is 1. The van der Waals surface area contributed by atoms with Gasteiger partial charge in [-0.25, -0.2) is 4.79 Å². The molecule has 1 aromatic carbocycles. The van der Waals surface area contributed by atoms with Gasteiger partial charge in [0.2, 0.25) is 5.91 Å². The lowest BCUT2D eigenvalue weighted by molar-refractivity contribution is -0.141. The summed E-state index contributed by atoms with van der Waals surface area (Å²) in [6.07, 6.45) is 5.56. The first kappa shape index (κ1) is 17.8. The molecule has 5 nitrogen and oxygen atoms in total. The maximum atomic E-state index is 11.8. The second kappa shape index (κ2) is 9.60. The Morgan fingerprint density at radius 2 is 2.00 bits per heavy atom. The molecule has 22 heavy (non-hydrogen) atoms. The van der Waals surface area contributed by atoms with Crippen LogP contribution in [0.15, 0.2) is 36.4 Å². The topological polar surface area (TPSA) is 75.6 Å². The molecule has 5 heteroatoms. The van der Waals surface area contributed by atoms with E-state index >= 15 is 0 Å². The Labute approximate surface area is 131 Å². The van der Waals surface area contributed by atoms with E-state index < -0.39 is 12.0 Å². The van der Waals surface area contributed by atoms with Crippen molar-refractivity contribution in [3.63, 3.8) is 0 Å². The summed E-state index contributed by atoms with van der Waals surface area (Å²) in [5.74, 6) is -0.443. The molecule has 0 heterocycles. The lowest BCUT2D eigenvalue weighted by atomic mass is 10.1. The molecule has 0 aliphatic carbocycles. The van der Waals surface area contributed by atoms with Crippen molar-refractivity contribution in [1.29, 1.82) is 0 Å². The van der Waals surface area contributed by atoms with Gasteiger partial charge in [0.1, 0.15) is 11.8 Å². The highest BCUT2D eigenvalue weighted by Crippen LogP contribution is 2.13. The van der Waals surface area contributed by atoms with Gasteiger partial charge in [-0.05, 0) is 43.9 Å². The zero-order valence-electron chi connectivity index (χ0n) is 13.0. The molecule has 0 spiro atoms. The predicted molar refractivity (Wildman–Crippen MR) is 84.9 cm³/mol. The van der Waals surface area contributed by atoms with Gasteiger partial charge < -0.3 is 15.2 Å². The number of nitrogens with one attached hydrogen (secondary N) is 1. The number of ether oxygens (including phenoxy) is 1. The van der Waals surface area contributed by atoms with Crippen LogP contribution in [0.4, 0.5) is 0 Å². The van der Waals surface area contributed by atoms with Gasteiger partial charge in [0.25, 0.3) is 0 Å². The molecule has 0 aliphatic rings. The van der Waals surface area contributed by atoms with Crippen molar-refractivity contribution in [3.05, 3.63) is 42.0 Å². The molecule has 2 N–H and O–H groups in total. The number of amides is 1. The molecule has 1 aromatic rings. The highest BCUT2D eigenvalue weighted by molar-refractivity contribution is 5.83. The first-order valence-corrected chi connectivity index (χ1v) is 7.33. The maximum absolute atomic E-state index is 11.8. The van der Waals surface area contributed by atoms with Gasteiger partial charge >= 0.3 is 5.97 Å². The summed E-state index contributed by atoms with van der Waals surface area (Å²) in [6.45, 7) is 1.82. The van der Waals surface area contributed by atoms with Crippen molar-refractivity contribution in [2.75, 3.05) is 7.11 Å². The molecule has 1 unspecified atom stereocenters. The van der Waals surface area contributed by atoms with Gasteiger partial charge in [-0.3, -0.25) is 4.79 Å². The molecule has 0 bridgehead atoms. The zero-order chi connectivity index (χ0) is 16.4. The second-order valence-electron chi connectivity index (χ2n) is 4.96. The van der Waals surface area contributed by atoms with Crippen LogP contribution in [-0.4, -0.2) is 30.1 Å². The third-order valence-corrected chi connectivity index (χ3v) is 3.27. The van der Waals surface area contributed by atoms with Gasteiger partial charge in [0.15, 0.2) is 0 Å². The molecule has 0 saturated carbocycles. The highest BCUT2D eigenvalue weighted by atomic mass is 16.5. The van der Waals surface area contributed by atoms with Crippen LogP contribution in [-0.2, 0) is 16.0 Å². The minimum atomic E-state index is -1.01. The summed E-state index contributed by atoms with van der Waals surface area (Å²) < 4.78 is 5.08. The fourth-order valence-electron chi connectivity index (χ4n) is 2.01. The SMILES string of the molecule is C/C=C/CC(NC(=O)CCCc1ccc(OC)cc1)C(=O)O. The van der Waals surface area contributed by atoms with Gasteiger partial charge in [-0.15, -0.1) is 0 Å². The van der Waals surface area contributed by atoms with E-state index in [1.807, 2.05) is 31.2 Å². The zero-order valence-corrected chi connectivity index (χ0v) is 13.0. The Kier molecular flexibility index (Phi) is 7.75. The van der Waals surface area contributed by atoms with Crippen LogP contribution in [0, 0.1) is 0 Å². The van der Waals surface area contributed by atoms with Gasteiger partial charge in [0.05, 0.1) is 7.11 Å². The second-order valence-corrected chi connectivity index (χ2v) is 4.96. The van der Waals surface area contributed by atoms with Crippen LogP contribution in [0.1, 0.15) is 31.7 Å². The number of hydrogen-bond acceptors (Lipinski definition) is 3. The van der Waals surface area contributed by atoms with Crippen LogP contribution < -0.4 is 10.1 Å². The number of aryl methyl sites for hydroxylation is 1. The Balaban J connectivity index is 2.36. The fourth-order valence-corrected chi connectivity index (χ4v) is 2.01. The number of carboxylic acid groups (broad SMARTS) is 1. The van der Waals surface area contributed by atoms with E-state index in [4.69, 9.17) is 9.84 Å². The fraction of sp³-hybridized carbons (Fsp3) is 0.412. The van der Waals surface area contributed by atoms with Crippen molar-refractivity contribution >= 4 is 11.9 Å². The Hall–Kier alpha value is -2.30. The molecule has 0 saturated heterocycles. The minimum absolute atomic E-state index is 0.231. The van der Waals surface area contributed by atoms with E-state index in [-0.39, 0.29) is 5.91 Å². The molecular weight excluding hydrogens is 282 g/mol. The van der Waals surface area contributed by atoms with Crippen molar-refractivity contribution in [1.82, 2.24) is 5.32 Å². The lowest BCUT2D eigenvalue weighted by Gasteiger charge is -2.12.